The Morgan fingerprint density at radius 2 is 1.94 bits per heavy atom. The molecule has 1 fully saturated rings. The summed E-state index contributed by atoms with van der Waals surface area (Å²) >= 11 is 0. The molecule has 17 heavy (non-hydrogen) atoms. The number of likely N-dealkylation sites (tertiary alicyclic amines) is 1. The standard InChI is InChI=1S/C13H26N2O2/c1-10(14)9-11-5-7-15(8-6-11)12(16)17-13(2,3)4/h10-11H,5-9,14H2,1-4H3/t10-/m0/s1. The number of carbonyl (C=O) groups is 1. The quantitative estimate of drug-likeness (QED) is 0.808. The molecule has 1 rings (SSSR count). The first-order valence-corrected chi connectivity index (χ1v) is 6.51. The van der Waals surface area contributed by atoms with Gasteiger partial charge in [0.1, 0.15) is 5.60 Å². The van der Waals surface area contributed by atoms with E-state index in [4.69, 9.17) is 10.5 Å². The van der Waals surface area contributed by atoms with Crippen molar-refractivity contribution in [1.82, 2.24) is 4.90 Å². The molecule has 2 N–H and O–H groups in total. The van der Waals surface area contributed by atoms with Gasteiger partial charge in [0.2, 0.25) is 0 Å². The highest BCUT2D eigenvalue weighted by Gasteiger charge is 2.26. The van der Waals surface area contributed by atoms with Gasteiger partial charge in [-0.05, 0) is 52.9 Å². The van der Waals surface area contributed by atoms with Crippen molar-refractivity contribution in [3.63, 3.8) is 0 Å². The summed E-state index contributed by atoms with van der Waals surface area (Å²) in [7, 11) is 0. The topological polar surface area (TPSA) is 55.6 Å². The molecule has 4 nitrogen and oxygen atoms in total. The minimum atomic E-state index is -0.403. The van der Waals surface area contributed by atoms with E-state index < -0.39 is 5.60 Å². The number of carbonyl (C=O) groups excluding carboxylic acids is 1. The molecule has 0 bridgehead atoms. The van der Waals surface area contributed by atoms with Crippen molar-refractivity contribution in [2.24, 2.45) is 11.7 Å². The van der Waals surface area contributed by atoms with E-state index in [1.165, 1.54) is 0 Å². The molecular weight excluding hydrogens is 216 g/mol. The first-order valence-electron chi connectivity index (χ1n) is 6.51. The highest BCUT2D eigenvalue weighted by molar-refractivity contribution is 5.68. The maximum atomic E-state index is 11.8. The van der Waals surface area contributed by atoms with Crippen LogP contribution in [0.2, 0.25) is 0 Å². The van der Waals surface area contributed by atoms with Crippen LogP contribution in [-0.2, 0) is 4.74 Å². The van der Waals surface area contributed by atoms with Gasteiger partial charge in [-0.1, -0.05) is 0 Å². The predicted molar refractivity (Wildman–Crippen MR) is 68.8 cm³/mol. The number of nitrogens with two attached hydrogens (primary N) is 1. The second kappa shape index (κ2) is 5.71. The summed E-state index contributed by atoms with van der Waals surface area (Å²) in [6.07, 6.45) is 2.96. The van der Waals surface area contributed by atoms with Crippen molar-refractivity contribution in [2.45, 2.75) is 58.6 Å². The van der Waals surface area contributed by atoms with Crippen LogP contribution in [-0.4, -0.2) is 35.7 Å². The SMILES string of the molecule is C[C@H](N)CC1CCN(C(=O)OC(C)(C)C)CC1. The number of amides is 1. The van der Waals surface area contributed by atoms with Gasteiger partial charge < -0.3 is 15.4 Å². The summed E-state index contributed by atoms with van der Waals surface area (Å²) in [4.78, 5) is 13.6. The molecule has 0 aromatic carbocycles. The molecule has 0 saturated carbocycles. The third-order valence-electron chi connectivity index (χ3n) is 2.97. The molecule has 0 aromatic heterocycles. The minimum absolute atomic E-state index is 0.184. The predicted octanol–water partition coefficient (Wildman–Crippen LogP) is 2.37. The first kappa shape index (κ1) is 14.3. The molecular formula is C13H26N2O2. The van der Waals surface area contributed by atoms with E-state index in [1.807, 2.05) is 32.6 Å². The van der Waals surface area contributed by atoms with Gasteiger partial charge in [0.05, 0.1) is 0 Å². The Labute approximate surface area is 104 Å². The van der Waals surface area contributed by atoms with E-state index in [0.29, 0.717) is 5.92 Å². The lowest BCUT2D eigenvalue weighted by atomic mass is 9.91. The number of hydrogen-bond acceptors (Lipinski definition) is 3. The van der Waals surface area contributed by atoms with Crippen molar-refractivity contribution < 1.29 is 9.53 Å². The first-order chi connectivity index (χ1) is 7.78. The van der Waals surface area contributed by atoms with E-state index in [9.17, 15) is 4.79 Å². The summed E-state index contributed by atoms with van der Waals surface area (Å²) < 4.78 is 5.36. The lowest BCUT2D eigenvalue weighted by molar-refractivity contribution is 0.0180. The molecule has 0 spiro atoms. The van der Waals surface area contributed by atoms with E-state index in [1.54, 1.807) is 0 Å². The molecule has 1 aliphatic heterocycles. The van der Waals surface area contributed by atoms with E-state index >= 15 is 0 Å². The van der Waals surface area contributed by atoms with E-state index in [-0.39, 0.29) is 12.1 Å². The third-order valence-corrected chi connectivity index (χ3v) is 2.97. The highest BCUT2D eigenvalue weighted by Crippen LogP contribution is 2.22. The smallest absolute Gasteiger partial charge is 0.410 e. The van der Waals surface area contributed by atoms with Gasteiger partial charge in [0, 0.05) is 19.1 Å². The molecule has 1 saturated heterocycles. The lowest BCUT2D eigenvalue weighted by Crippen LogP contribution is -2.42. The Morgan fingerprint density at radius 1 is 1.41 bits per heavy atom. The number of rotatable bonds is 2. The van der Waals surface area contributed by atoms with Crippen LogP contribution in [0.4, 0.5) is 4.79 Å². The van der Waals surface area contributed by atoms with Crippen LogP contribution >= 0.6 is 0 Å². The Hall–Kier alpha value is -0.770. The minimum Gasteiger partial charge on any atom is -0.444 e. The number of piperidine rings is 1. The van der Waals surface area contributed by atoms with Crippen LogP contribution in [0.3, 0.4) is 0 Å². The largest absolute Gasteiger partial charge is 0.444 e. The summed E-state index contributed by atoms with van der Waals surface area (Å²) in [5, 5.41) is 0. The number of hydrogen-bond donors (Lipinski definition) is 1. The average molecular weight is 242 g/mol. The fraction of sp³-hybridized carbons (Fsp3) is 0.923. The zero-order valence-electron chi connectivity index (χ0n) is 11.5. The molecule has 0 aliphatic carbocycles. The zero-order valence-corrected chi connectivity index (χ0v) is 11.5. The Kier molecular flexibility index (Phi) is 4.80. The Bertz CT molecular complexity index is 251. The van der Waals surface area contributed by atoms with Gasteiger partial charge >= 0.3 is 6.09 Å². The second-order valence-electron chi connectivity index (χ2n) is 6.12. The molecule has 0 unspecified atom stereocenters. The van der Waals surface area contributed by atoms with Gasteiger partial charge in [0.15, 0.2) is 0 Å². The highest BCUT2D eigenvalue weighted by atomic mass is 16.6. The summed E-state index contributed by atoms with van der Waals surface area (Å²) in [6, 6.07) is 0.257. The van der Waals surface area contributed by atoms with Gasteiger partial charge in [-0.2, -0.15) is 0 Å². The van der Waals surface area contributed by atoms with Crippen LogP contribution in [0.5, 0.6) is 0 Å². The monoisotopic (exact) mass is 242 g/mol. The summed E-state index contributed by atoms with van der Waals surface area (Å²) in [5.41, 5.74) is 5.39. The van der Waals surface area contributed by atoms with E-state index in [0.717, 1.165) is 32.4 Å². The molecule has 100 valence electrons. The van der Waals surface area contributed by atoms with Gasteiger partial charge in [-0.15, -0.1) is 0 Å². The van der Waals surface area contributed by atoms with Crippen LogP contribution < -0.4 is 5.73 Å². The molecule has 0 radical (unpaired) electrons. The molecule has 1 aliphatic rings. The van der Waals surface area contributed by atoms with Crippen LogP contribution in [0.25, 0.3) is 0 Å². The second-order valence-corrected chi connectivity index (χ2v) is 6.12. The van der Waals surface area contributed by atoms with Crippen molar-refractivity contribution in [2.75, 3.05) is 13.1 Å². The fourth-order valence-corrected chi connectivity index (χ4v) is 2.20. The summed E-state index contributed by atoms with van der Waals surface area (Å²) in [6.45, 7) is 9.33. The zero-order chi connectivity index (χ0) is 13.1. The molecule has 1 amide bonds. The average Bonchev–Trinajstić information content (AvgIpc) is 2.15. The van der Waals surface area contributed by atoms with Gasteiger partial charge in [-0.3, -0.25) is 0 Å². The molecule has 0 aromatic rings. The molecule has 1 atom stereocenters. The molecule has 4 heteroatoms. The number of ether oxygens (including phenoxy) is 1. The maximum absolute atomic E-state index is 11.8. The Morgan fingerprint density at radius 3 is 2.35 bits per heavy atom. The van der Waals surface area contributed by atoms with Gasteiger partial charge in [0.25, 0.3) is 0 Å². The van der Waals surface area contributed by atoms with Crippen molar-refractivity contribution in [3.8, 4) is 0 Å². The van der Waals surface area contributed by atoms with Crippen molar-refractivity contribution in [3.05, 3.63) is 0 Å². The van der Waals surface area contributed by atoms with Crippen molar-refractivity contribution in [1.29, 1.82) is 0 Å². The van der Waals surface area contributed by atoms with Crippen molar-refractivity contribution >= 4 is 6.09 Å². The van der Waals surface area contributed by atoms with Crippen LogP contribution in [0.15, 0.2) is 0 Å². The number of nitrogens with zero attached hydrogens (tertiary/aromatic N) is 1. The summed E-state index contributed by atoms with van der Waals surface area (Å²) in [5.74, 6) is 0.661. The normalized spacial score (nSPS) is 20.2. The fourth-order valence-electron chi connectivity index (χ4n) is 2.20. The van der Waals surface area contributed by atoms with E-state index in [2.05, 4.69) is 0 Å². The maximum Gasteiger partial charge on any atom is 0.410 e. The lowest BCUT2D eigenvalue weighted by Gasteiger charge is -2.33. The van der Waals surface area contributed by atoms with Crippen LogP contribution in [0, 0.1) is 5.92 Å². The van der Waals surface area contributed by atoms with Gasteiger partial charge in [-0.25, -0.2) is 4.79 Å². The van der Waals surface area contributed by atoms with Crippen LogP contribution in [0.1, 0.15) is 47.0 Å². The third kappa shape index (κ3) is 5.39. The molecule has 1 heterocycles. The Balaban J connectivity index is 2.34.